The van der Waals surface area contributed by atoms with Crippen molar-refractivity contribution in [3.63, 3.8) is 0 Å². The van der Waals surface area contributed by atoms with Crippen molar-refractivity contribution in [3.05, 3.63) is 66.6 Å². The molecule has 8 heteroatoms. The number of pyridine rings is 2. The second-order valence-corrected chi connectivity index (χ2v) is 6.59. The fourth-order valence-electron chi connectivity index (χ4n) is 2.97. The Morgan fingerprint density at radius 1 is 1.13 bits per heavy atom. The highest BCUT2D eigenvalue weighted by Crippen LogP contribution is 2.29. The van der Waals surface area contributed by atoms with Gasteiger partial charge >= 0.3 is 0 Å². The minimum Gasteiger partial charge on any atom is -0.481 e. The van der Waals surface area contributed by atoms with Crippen molar-refractivity contribution < 1.29 is 14.3 Å². The molecule has 4 aromatic rings. The smallest absolute Gasteiger partial charge is 0.228 e. The van der Waals surface area contributed by atoms with Gasteiger partial charge < -0.3 is 14.8 Å². The number of hydrogen-bond donors (Lipinski definition) is 1. The lowest BCUT2D eigenvalue weighted by Crippen LogP contribution is -2.13. The zero-order valence-corrected chi connectivity index (χ0v) is 16.7. The molecule has 3 aromatic heterocycles. The fourth-order valence-corrected chi connectivity index (χ4v) is 2.97. The van der Waals surface area contributed by atoms with Crippen molar-refractivity contribution in [2.24, 2.45) is 0 Å². The molecule has 0 radical (unpaired) electrons. The summed E-state index contributed by atoms with van der Waals surface area (Å²) in [5, 5.41) is 7.00. The highest BCUT2D eigenvalue weighted by atomic mass is 16.5. The van der Waals surface area contributed by atoms with Crippen molar-refractivity contribution in [2.45, 2.75) is 19.9 Å². The van der Waals surface area contributed by atoms with Crippen LogP contribution in [-0.4, -0.2) is 32.8 Å². The first-order valence-corrected chi connectivity index (χ1v) is 9.53. The summed E-state index contributed by atoms with van der Waals surface area (Å²) in [7, 11) is 1.57. The van der Waals surface area contributed by atoms with E-state index in [1.165, 1.54) is 0 Å². The molecule has 0 atom stereocenters. The van der Waals surface area contributed by atoms with E-state index in [2.05, 4.69) is 20.4 Å². The number of fused-ring (bicyclic) bond motifs is 1. The van der Waals surface area contributed by atoms with Crippen molar-refractivity contribution in [2.75, 3.05) is 12.4 Å². The van der Waals surface area contributed by atoms with Gasteiger partial charge in [-0.3, -0.25) is 14.5 Å². The third-order valence-electron chi connectivity index (χ3n) is 4.49. The standard InChI is InChI=1S/C22H21N5O3/c1-3-27-14-16(13-24-27)25-20(28)12-15-4-6-17(7-5-15)30-19-10-11-23-18-8-9-21(29-2)26-22(18)19/h4-11,13-14H,3,12H2,1-2H3,(H,25,28). The van der Waals surface area contributed by atoms with Crippen LogP contribution < -0.4 is 14.8 Å². The Morgan fingerprint density at radius 2 is 1.97 bits per heavy atom. The van der Waals surface area contributed by atoms with Crippen LogP contribution in [0.25, 0.3) is 11.0 Å². The number of anilines is 1. The number of aromatic nitrogens is 4. The molecule has 0 aliphatic carbocycles. The van der Waals surface area contributed by atoms with Crippen molar-refractivity contribution >= 4 is 22.6 Å². The highest BCUT2D eigenvalue weighted by molar-refractivity contribution is 5.92. The van der Waals surface area contributed by atoms with Crippen LogP contribution in [0.2, 0.25) is 0 Å². The van der Waals surface area contributed by atoms with Gasteiger partial charge in [0.1, 0.15) is 11.3 Å². The van der Waals surface area contributed by atoms with Crippen molar-refractivity contribution in [1.82, 2.24) is 19.7 Å². The Hall–Kier alpha value is -3.94. The number of nitrogens with zero attached hydrogens (tertiary/aromatic N) is 4. The summed E-state index contributed by atoms with van der Waals surface area (Å²) in [6.07, 6.45) is 5.37. The number of methoxy groups -OCH3 is 1. The number of ether oxygens (including phenoxy) is 2. The molecule has 0 unspecified atom stereocenters. The molecular formula is C22H21N5O3. The average Bonchev–Trinajstić information content (AvgIpc) is 3.22. The molecule has 0 fully saturated rings. The molecule has 0 bridgehead atoms. The van der Waals surface area contributed by atoms with E-state index in [1.807, 2.05) is 37.3 Å². The zero-order valence-electron chi connectivity index (χ0n) is 16.7. The first-order chi connectivity index (χ1) is 14.6. The van der Waals surface area contributed by atoms with Gasteiger partial charge in [-0.05, 0) is 30.7 Å². The summed E-state index contributed by atoms with van der Waals surface area (Å²) < 4.78 is 12.9. The van der Waals surface area contributed by atoms with Gasteiger partial charge in [-0.2, -0.15) is 5.10 Å². The van der Waals surface area contributed by atoms with Gasteiger partial charge in [-0.25, -0.2) is 4.98 Å². The van der Waals surface area contributed by atoms with Crippen LogP contribution in [0.5, 0.6) is 17.4 Å². The number of carbonyl (C=O) groups is 1. The monoisotopic (exact) mass is 403 g/mol. The van der Waals surface area contributed by atoms with E-state index in [4.69, 9.17) is 9.47 Å². The number of aryl methyl sites for hydroxylation is 1. The Bertz CT molecular complexity index is 1170. The van der Waals surface area contributed by atoms with Crippen LogP contribution in [-0.2, 0) is 17.8 Å². The third kappa shape index (κ3) is 4.38. The summed E-state index contributed by atoms with van der Waals surface area (Å²) in [5.41, 5.74) is 2.90. The Morgan fingerprint density at radius 3 is 2.70 bits per heavy atom. The van der Waals surface area contributed by atoms with Crippen LogP contribution in [0.4, 0.5) is 5.69 Å². The van der Waals surface area contributed by atoms with Gasteiger partial charge in [0.15, 0.2) is 5.75 Å². The maximum absolute atomic E-state index is 12.3. The molecule has 0 saturated heterocycles. The Balaban J connectivity index is 1.44. The van der Waals surface area contributed by atoms with Gasteiger partial charge in [0.05, 0.1) is 30.9 Å². The van der Waals surface area contributed by atoms with Crippen LogP contribution in [0, 0.1) is 0 Å². The number of benzene rings is 1. The molecule has 1 aromatic carbocycles. The molecular weight excluding hydrogens is 382 g/mol. The molecule has 3 heterocycles. The van der Waals surface area contributed by atoms with E-state index in [0.717, 1.165) is 12.1 Å². The average molecular weight is 403 g/mol. The molecule has 0 aliphatic heterocycles. The van der Waals surface area contributed by atoms with E-state index in [1.54, 1.807) is 42.5 Å². The van der Waals surface area contributed by atoms with Gasteiger partial charge in [0, 0.05) is 31.1 Å². The highest BCUT2D eigenvalue weighted by Gasteiger charge is 2.09. The molecule has 30 heavy (non-hydrogen) atoms. The van der Waals surface area contributed by atoms with E-state index >= 15 is 0 Å². The van der Waals surface area contributed by atoms with Crippen LogP contribution in [0.1, 0.15) is 12.5 Å². The fraction of sp³-hybridized carbons (Fsp3) is 0.182. The van der Waals surface area contributed by atoms with Crippen LogP contribution in [0.15, 0.2) is 61.1 Å². The SMILES string of the molecule is CCn1cc(NC(=O)Cc2ccc(Oc3ccnc4ccc(OC)nc34)cc2)cn1. The summed E-state index contributed by atoms with van der Waals surface area (Å²) in [6.45, 7) is 2.75. The normalized spacial score (nSPS) is 10.7. The molecule has 1 amide bonds. The summed E-state index contributed by atoms with van der Waals surface area (Å²) >= 11 is 0. The van der Waals surface area contributed by atoms with Crippen LogP contribution in [0.3, 0.4) is 0 Å². The summed E-state index contributed by atoms with van der Waals surface area (Å²) in [5.74, 6) is 1.61. The second-order valence-electron chi connectivity index (χ2n) is 6.59. The Labute approximate surface area is 173 Å². The van der Waals surface area contributed by atoms with Crippen molar-refractivity contribution in [1.29, 1.82) is 0 Å². The predicted molar refractivity (Wildman–Crippen MR) is 113 cm³/mol. The van der Waals surface area contributed by atoms with E-state index in [-0.39, 0.29) is 12.3 Å². The quantitative estimate of drug-likeness (QED) is 0.504. The number of rotatable bonds is 7. The number of hydrogen-bond acceptors (Lipinski definition) is 6. The Kier molecular flexibility index (Phi) is 5.56. The minimum absolute atomic E-state index is 0.101. The molecule has 4 rings (SSSR count). The van der Waals surface area contributed by atoms with E-state index in [0.29, 0.717) is 34.1 Å². The van der Waals surface area contributed by atoms with E-state index < -0.39 is 0 Å². The molecule has 0 spiro atoms. The van der Waals surface area contributed by atoms with Gasteiger partial charge in [0.2, 0.25) is 11.8 Å². The van der Waals surface area contributed by atoms with Crippen molar-refractivity contribution in [3.8, 4) is 17.4 Å². The summed E-state index contributed by atoms with van der Waals surface area (Å²) in [4.78, 5) is 21.0. The first-order valence-electron chi connectivity index (χ1n) is 9.53. The third-order valence-corrected chi connectivity index (χ3v) is 4.49. The predicted octanol–water partition coefficient (Wildman–Crippen LogP) is 3.83. The van der Waals surface area contributed by atoms with Gasteiger partial charge in [0.25, 0.3) is 0 Å². The first kappa shape index (κ1) is 19.4. The molecule has 1 N–H and O–H groups in total. The largest absolute Gasteiger partial charge is 0.481 e. The molecule has 0 aliphatic rings. The lowest BCUT2D eigenvalue weighted by atomic mass is 10.1. The number of amides is 1. The molecule has 0 saturated carbocycles. The van der Waals surface area contributed by atoms with Crippen LogP contribution >= 0.6 is 0 Å². The number of nitrogens with one attached hydrogen (secondary N) is 1. The molecule has 152 valence electrons. The minimum atomic E-state index is -0.101. The summed E-state index contributed by atoms with van der Waals surface area (Å²) in [6, 6.07) is 12.7. The second kappa shape index (κ2) is 8.60. The van der Waals surface area contributed by atoms with Gasteiger partial charge in [-0.15, -0.1) is 0 Å². The maximum atomic E-state index is 12.3. The maximum Gasteiger partial charge on any atom is 0.228 e. The lowest BCUT2D eigenvalue weighted by Gasteiger charge is -2.09. The number of carbonyl (C=O) groups excluding carboxylic acids is 1. The van der Waals surface area contributed by atoms with Gasteiger partial charge in [-0.1, -0.05) is 12.1 Å². The topological polar surface area (TPSA) is 91.2 Å². The zero-order chi connectivity index (χ0) is 20.9. The van der Waals surface area contributed by atoms with E-state index in [9.17, 15) is 4.79 Å². The lowest BCUT2D eigenvalue weighted by molar-refractivity contribution is -0.115. The molecule has 8 nitrogen and oxygen atoms in total.